The molecule has 27 heavy (non-hydrogen) atoms. The minimum Gasteiger partial charge on any atom is -0.504 e. The van der Waals surface area contributed by atoms with E-state index in [1.165, 1.54) is 11.8 Å². The van der Waals surface area contributed by atoms with Crippen LogP contribution in [0.1, 0.15) is 21.5 Å². The van der Waals surface area contributed by atoms with Gasteiger partial charge in [-0.2, -0.15) is 0 Å². The van der Waals surface area contributed by atoms with Gasteiger partial charge in [-0.25, -0.2) is 4.98 Å². The second kappa shape index (κ2) is 7.54. The topological polar surface area (TPSA) is 72.3 Å². The van der Waals surface area contributed by atoms with Gasteiger partial charge in [-0.1, -0.05) is 27.7 Å². The van der Waals surface area contributed by atoms with Gasteiger partial charge in [0.15, 0.2) is 11.5 Å². The fourth-order valence-electron chi connectivity index (χ4n) is 2.59. The number of Topliss-reactive ketones (excluding diaryl/α,β-unsaturated/α-hetero) is 1. The SMILES string of the molecule is O=C1/C(=C/c2cc(OCc3ccncc3)c(O)cc2Br)Sc2ncccc21. The molecule has 1 aliphatic heterocycles. The number of carbonyl (C=O) groups is 1. The summed E-state index contributed by atoms with van der Waals surface area (Å²) in [6, 6.07) is 10.5. The smallest absolute Gasteiger partial charge is 0.202 e. The van der Waals surface area contributed by atoms with E-state index in [1.807, 2.05) is 12.1 Å². The van der Waals surface area contributed by atoms with Gasteiger partial charge in [0.05, 0.1) is 10.5 Å². The number of allylic oxidation sites excluding steroid dienone is 1. The summed E-state index contributed by atoms with van der Waals surface area (Å²) in [6.07, 6.45) is 6.82. The second-order valence-electron chi connectivity index (χ2n) is 5.78. The number of fused-ring (bicyclic) bond motifs is 1. The van der Waals surface area contributed by atoms with E-state index in [4.69, 9.17) is 4.74 Å². The van der Waals surface area contributed by atoms with Crippen LogP contribution in [0.15, 0.2) is 69.4 Å². The summed E-state index contributed by atoms with van der Waals surface area (Å²) in [5.41, 5.74) is 2.29. The Hall–Kier alpha value is -2.64. The molecule has 2 aromatic heterocycles. The van der Waals surface area contributed by atoms with E-state index in [-0.39, 0.29) is 11.5 Å². The van der Waals surface area contributed by atoms with Crippen LogP contribution in [0.2, 0.25) is 0 Å². The van der Waals surface area contributed by atoms with E-state index < -0.39 is 0 Å². The van der Waals surface area contributed by atoms with Crippen LogP contribution >= 0.6 is 27.7 Å². The molecule has 1 N–H and O–H groups in total. The van der Waals surface area contributed by atoms with Crippen molar-refractivity contribution in [3.63, 3.8) is 0 Å². The summed E-state index contributed by atoms with van der Waals surface area (Å²) in [7, 11) is 0. The summed E-state index contributed by atoms with van der Waals surface area (Å²) in [5, 5.41) is 10.9. The molecule has 134 valence electrons. The molecule has 0 fully saturated rings. The van der Waals surface area contributed by atoms with Gasteiger partial charge >= 0.3 is 0 Å². The van der Waals surface area contributed by atoms with Gasteiger partial charge in [-0.15, -0.1) is 0 Å². The van der Waals surface area contributed by atoms with Crippen molar-refractivity contribution in [1.29, 1.82) is 0 Å². The minimum absolute atomic E-state index is 0.0217. The summed E-state index contributed by atoms with van der Waals surface area (Å²) < 4.78 is 6.41. The molecule has 0 saturated carbocycles. The van der Waals surface area contributed by atoms with Gasteiger partial charge in [0.1, 0.15) is 11.6 Å². The number of phenolic OH excluding ortho intramolecular Hbond substituents is 1. The zero-order valence-corrected chi connectivity index (χ0v) is 16.3. The largest absolute Gasteiger partial charge is 0.504 e. The van der Waals surface area contributed by atoms with Gasteiger partial charge in [-0.3, -0.25) is 9.78 Å². The van der Waals surface area contributed by atoms with Crippen molar-refractivity contribution in [3.8, 4) is 11.5 Å². The number of aromatic nitrogens is 2. The number of rotatable bonds is 4. The number of nitrogens with zero attached hydrogens (tertiary/aromatic N) is 2. The average Bonchev–Trinajstić information content (AvgIpc) is 3.00. The number of ketones is 1. The number of hydrogen-bond acceptors (Lipinski definition) is 6. The highest BCUT2D eigenvalue weighted by Gasteiger charge is 2.27. The van der Waals surface area contributed by atoms with Gasteiger partial charge in [-0.05, 0) is 53.6 Å². The zero-order valence-electron chi connectivity index (χ0n) is 13.9. The number of benzene rings is 1. The monoisotopic (exact) mass is 440 g/mol. The Morgan fingerprint density at radius 1 is 1.19 bits per heavy atom. The molecule has 0 amide bonds. The van der Waals surface area contributed by atoms with E-state index in [0.717, 1.165) is 11.1 Å². The van der Waals surface area contributed by atoms with Crippen molar-refractivity contribution in [2.75, 3.05) is 0 Å². The molecule has 4 rings (SSSR count). The maximum Gasteiger partial charge on any atom is 0.202 e. The van der Waals surface area contributed by atoms with E-state index in [0.29, 0.717) is 32.3 Å². The first-order valence-corrected chi connectivity index (χ1v) is 9.66. The Bertz CT molecular complexity index is 1050. The summed E-state index contributed by atoms with van der Waals surface area (Å²) in [4.78, 5) is 21.3. The lowest BCUT2D eigenvalue weighted by molar-refractivity contribution is 0.104. The Balaban J connectivity index is 1.61. The number of aromatic hydroxyl groups is 1. The molecule has 0 bridgehead atoms. The fraction of sp³-hybridized carbons (Fsp3) is 0.0500. The van der Waals surface area contributed by atoms with Crippen molar-refractivity contribution >= 4 is 39.6 Å². The van der Waals surface area contributed by atoms with Crippen LogP contribution in [-0.4, -0.2) is 20.9 Å². The molecule has 1 aliphatic rings. The molecule has 5 nitrogen and oxygen atoms in total. The highest BCUT2D eigenvalue weighted by Crippen LogP contribution is 2.41. The molecule has 0 atom stereocenters. The molecule has 0 unspecified atom stereocenters. The lowest BCUT2D eigenvalue weighted by Gasteiger charge is -2.10. The zero-order chi connectivity index (χ0) is 18.8. The van der Waals surface area contributed by atoms with Crippen LogP contribution in [0.3, 0.4) is 0 Å². The van der Waals surface area contributed by atoms with Crippen molar-refractivity contribution in [2.45, 2.75) is 11.6 Å². The van der Waals surface area contributed by atoms with Crippen LogP contribution in [0.25, 0.3) is 6.08 Å². The normalized spacial score (nSPS) is 14.4. The Labute approximate surface area is 168 Å². The van der Waals surface area contributed by atoms with E-state index in [1.54, 1.807) is 48.9 Å². The van der Waals surface area contributed by atoms with Crippen molar-refractivity contribution in [2.24, 2.45) is 0 Å². The molecule has 1 aromatic carbocycles. The summed E-state index contributed by atoms with van der Waals surface area (Å²) in [5.74, 6) is 0.309. The summed E-state index contributed by atoms with van der Waals surface area (Å²) in [6.45, 7) is 0.302. The third-order valence-corrected chi connectivity index (χ3v) is 5.68. The van der Waals surface area contributed by atoms with Crippen LogP contribution in [0, 0.1) is 0 Å². The molecule has 7 heteroatoms. The molecule has 0 radical (unpaired) electrons. The molecule has 3 aromatic rings. The van der Waals surface area contributed by atoms with Crippen molar-refractivity contribution in [1.82, 2.24) is 9.97 Å². The third kappa shape index (κ3) is 3.74. The standard InChI is InChI=1S/C20H13BrN2O3S/c21-15-10-16(24)17(26-11-12-3-6-22-7-4-12)8-13(15)9-18-19(25)14-2-1-5-23-20(14)27-18/h1-10,24H,11H2/b18-9-. The Kier molecular flexibility index (Phi) is 4.96. The third-order valence-electron chi connectivity index (χ3n) is 3.95. The molecule has 0 aliphatic carbocycles. The van der Waals surface area contributed by atoms with Crippen molar-refractivity contribution < 1.29 is 14.6 Å². The molecule has 3 heterocycles. The highest BCUT2D eigenvalue weighted by atomic mass is 79.9. The number of hydrogen-bond donors (Lipinski definition) is 1. The van der Waals surface area contributed by atoms with Crippen LogP contribution < -0.4 is 4.74 Å². The van der Waals surface area contributed by atoms with Gasteiger partial charge < -0.3 is 9.84 Å². The summed E-state index contributed by atoms with van der Waals surface area (Å²) >= 11 is 4.77. The second-order valence-corrected chi connectivity index (χ2v) is 7.67. The number of phenols is 1. The fourth-order valence-corrected chi connectivity index (χ4v) is 4.02. The predicted molar refractivity (Wildman–Crippen MR) is 107 cm³/mol. The molecular formula is C20H13BrN2O3S. The highest BCUT2D eigenvalue weighted by molar-refractivity contribution is 9.10. The van der Waals surface area contributed by atoms with Crippen molar-refractivity contribution in [3.05, 3.63) is 81.1 Å². The average molecular weight is 441 g/mol. The maximum atomic E-state index is 12.5. The Morgan fingerprint density at radius 2 is 2.00 bits per heavy atom. The van der Waals surface area contributed by atoms with Gasteiger partial charge in [0, 0.05) is 23.1 Å². The molecule has 0 spiro atoms. The Morgan fingerprint density at radius 3 is 2.78 bits per heavy atom. The molecule has 0 saturated heterocycles. The maximum absolute atomic E-state index is 12.5. The molecular weight excluding hydrogens is 428 g/mol. The van der Waals surface area contributed by atoms with Crippen LogP contribution in [-0.2, 0) is 6.61 Å². The van der Waals surface area contributed by atoms with E-state index in [2.05, 4.69) is 25.9 Å². The number of thioether (sulfide) groups is 1. The van der Waals surface area contributed by atoms with Gasteiger partial charge in [0.2, 0.25) is 5.78 Å². The number of carbonyl (C=O) groups excluding carboxylic acids is 1. The minimum atomic E-state index is -0.0534. The number of halogens is 1. The quantitative estimate of drug-likeness (QED) is 0.584. The van der Waals surface area contributed by atoms with Gasteiger partial charge in [0.25, 0.3) is 0 Å². The first kappa shape index (κ1) is 17.8. The first-order valence-electron chi connectivity index (χ1n) is 8.05. The number of ether oxygens (including phenoxy) is 1. The van der Waals surface area contributed by atoms with E-state index in [9.17, 15) is 9.90 Å². The van der Waals surface area contributed by atoms with E-state index >= 15 is 0 Å². The lowest BCUT2D eigenvalue weighted by Crippen LogP contribution is -1.97. The first-order chi connectivity index (χ1) is 13.1. The predicted octanol–water partition coefficient (Wildman–Crippen LogP) is 4.85. The number of pyridine rings is 2. The van der Waals surface area contributed by atoms with Crippen LogP contribution in [0.4, 0.5) is 0 Å². The van der Waals surface area contributed by atoms with Crippen LogP contribution in [0.5, 0.6) is 11.5 Å². The lowest BCUT2D eigenvalue weighted by atomic mass is 10.1.